The molecule has 1 fully saturated rings. The lowest BCUT2D eigenvalue weighted by atomic mass is 9.99. The number of ether oxygens (including phenoxy) is 3. The van der Waals surface area contributed by atoms with Gasteiger partial charge in [-0.2, -0.15) is 0 Å². The van der Waals surface area contributed by atoms with Crippen molar-refractivity contribution < 1.29 is 14.2 Å². The first kappa shape index (κ1) is 23.1. The second-order valence-electron chi connectivity index (χ2n) is 6.78. The second kappa shape index (κ2) is 11.1. The number of nitrogens with one attached hydrogen (secondary N) is 1. The number of rotatable bonds is 6. The molecule has 0 saturated carbocycles. The van der Waals surface area contributed by atoms with Gasteiger partial charge in [-0.1, -0.05) is 30.3 Å². The van der Waals surface area contributed by atoms with Crippen LogP contribution in [0.3, 0.4) is 0 Å². The summed E-state index contributed by atoms with van der Waals surface area (Å²) >= 11 is 0. The van der Waals surface area contributed by atoms with Crippen molar-refractivity contribution in [2.75, 3.05) is 41.5 Å². The van der Waals surface area contributed by atoms with Gasteiger partial charge in [0.05, 0.1) is 21.3 Å². The fraction of sp³-hybridized carbons (Fsp3) is 0.409. The van der Waals surface area contributed by atoms with Crippen molar-refractivity contribution in [3.8, 4) is 17.2 Å². The normalized spacial score (nSPS) is 16.2. The lowest BCUT2D eigenvalue weighted by Gasteiger charge is -2.22. The predicted octanol–water partition coefficient (Wildman–Crippen LogP) is 3.90. The Bertz CT molecular complexity index is 789. The molecule has 2 aromatic carbocycles. The smallest absolute Gasteiger partial charge is 0.203 e. The topological polar surface area (TPSA) is 55.3 Å². The highest BCUT2D eigenvalue weighted by molar-refractivity contribution is 14.0. The molecule has 1 atom stereocenters. The Morgan fingerprint density at radius 1 is 1.07 bits per heavy atom. The summed E-state index contributed by atoms with van der Waals surface area (Å²) in [5.41, 5.74) is 2.43. The Kier molecular flexibility index (Phi) is 8.88. The summed E-state index contributed by atoms with van der Waals surface area (Å²) in [7, 11) is 6.69. The molecule has 6 nitrogen and oxygen atoms in total. The Morgan fingerprint density at radius 3 is 2.28 bits per heavy atom. The van der Waals surface area contributed by atoms with Crippen molar-refractivity contribution in [3.63, 3.8) is 0 Å². The summed E-state index contributed by atoms with van der Waals surface area (Å²) in [6, 6.07) is 14.6. The lowest BCUT2D eigenvalue weighted by Crippen LogP contribution is -2.39. The van der Waals surface area contributed by atoms with Crippen molar-refractivity contribution >= 4 is 29.9 Å². The van der Waals surface area contributed by atoms with Crippen LogP contribution in [-0.4, -0.2) is 52.3 Å². The van der Waals surface area contributed by atoms with Crippen LogP contribution in [0.1, 0.15) is 23.5 Å². The van der Waals surface area contributed by atoms with E-state index in [2.05, 4.69) is 45.5 Å². The summed E-state index contributed by atoms with van der Waals surface area (Å²) in [5.74, 6) is 3.36. The van der Waals surface area contributed by atoms with Crippen molar-refractivity contribution in [1.29, 1.82) is 0 Å². The van der Waals surface area contributed by atoms with Crippen molar-refractivity contribution in [3.05, 3.63) is 53.6 Å². The van der Waals surface area contributed by atoms with E-state index < -0.39 is 0 Å². The third kappa shape index (κ3) is 5.46. The third-order valence-corrected chi connectivity index (χ3v) is 5.15. The van der Waals surface area contributed by atoms with Crippen LogP contribution in [0.4, 0.5) is 0 Å². The van der Waals surface area contributed by atoms with E-state index in [-0.39, 0.29) is 24.0 Å². The first-order valence-electron chi connectivity index (χ1n) is 9.49. The van der Waals surface area contributed by atoms with Gasteiger partial charge in [-0.25, -0.2) is 0 Å². The van der Waals surface area contributed by atoms with Crippen LogP contribution in [0, 0.1) is 0 Å². The van der Waals surface area contributed by atoms with Gasteiger partial charge in [0.15, 0.2) is 17.5 Å². The Balaban J connectivity index is 0.00000300. The Labute approximate surface area is 190 Å². The highest BCUT2D eigenvalue weighted by Gasteiger charge is 2.26. The number of aliphatic imine (C=N–C) groups is 1. The molecule has 0 aliphatic carbocycles. The Morgan fingerprint density at radius 2 is 1.72 bits per heavy atom. The van der Waals surface area contributed by atoms with Crippen LogP contribution in [0.5, 0.6) is 17.2 Å². The third-order valence-electron chi connectivity index (χ3n) is 5.15. The van der Waals surface area contributed by atoms with Gasteiger partial charge in [-0.3, -0.25) is 4.99 Å². The van der Waals surface area contributed by atoms with Crippen LogP contribution in [0.25, 0.3) is 0 Å². The van der Waals surface area contributed by atoms with Crippen molar-refractivity contribution in [2.45, 2.75) is 18.9 Å². The van der Waals surface area contributed by atoms with Gasteiger partial charge < -0.3 is 24.4 Å². The molecule has 29 heavy (non-hydrogen) atoms. The quantitative estimate of drug-likeness (QED) is 0.363. The largest absolute Gasteiger partial charge is 0.493 e. The molecule has 1 unspecified atom stereocenters. The predicted molar refractivity (Wildman–Crippen MR) is 127 cm³/mol. The standard InChI is InChI=1S/C22H29N3O3.HI/c1-23-22(25-11-10-18(15-25)17-8-6-5-7-9-17)24-14-16-12-19(26-2)21(28-4)20(13-16)27-3;/h5-9,12-13,18H,10-11,14-15H2,1-4H3,(H,23,24);1H. The maximum Gasteiger partial charge on any atom is 0.203 e. The van der Waals surface area contributed by atoms with Crippen LogP contribution in [0.2, 0.25) is 0 Å². The van der Waals surface area contributed by atoms with Gasteiger partial charge in [0.2, 0.25) is 5.75 Å². The number of nitrogens with zero attached hydrogens (tertiary/aromatic N) is 2. The fourth-order valence-electron chi connectivity index (χ4n) is 3.70. The molecule has 0 spiro atoms. The number of likely N-dealkylation sites (tertiary alicyclic amines) is 1. The van der Waals surface area contributed by atoms with E-state index in [9.17, 15) is 0 Å². The van der Waals surface area contributed by atoms with Gasteiger partial charge in [-0.15, -0.1) is 24.0 Å². The summed E-state index contributed by atoms with van der Waals surface area (Å²) in [6.07, 6.45) is 1.13. The van der Waals surface area contributed by atoms with E-state index >= 15 is 0 Å². The van der Waals surface area contributed by atoms with E-state index in [0.29, 0.717) is 29.7 Å². The molecule has 0 radical (unpaired) electrons. The molecule has 1 saturated heterocycles. The van der Waals surface area contributed by atoms with Gasteiger partial charge in [0, 0.05) is 32.6 Å². The number of benzene rings is 2. The first-order chi connectivity index (χ1) is 13.7. The monoisotopic (exact) mass is 511 g/mol. The summed E-state index contributed by atoms with van der Waals surface area (Å²) in [6.45, 7) is 2.59. The van der Waals surface area contributed by atoms with Crippen LogP contribution < -0.4 is 19.5 Å². The summed E-state index contributed by atoms with van der Waals surface area (Å²) in [4.78, 5) is 6.79. The molecule has 0 bridgehead atoms. The number of methoxy groups -OCH3 is 3. The van der Waals surface area contributed by atoms with Crippen LogP contribution in [0.15, 0.2) is 47.5 Å². The minimum atomic E-state index is 0. The van der Waals surface area contributed by atoms with E-state index in [1.165, 1.54) is 5.56 Å². The maximum atomic E-state index is 5.44. The molecule has 3 rings (SSSR count). The molecular formula is C22H30IN3O3. The molecule has 1 heterocycles. The fourth-order valence-corrected chi connectivity index (χ4v) is 3.70. The van der Waals surface area contributed by atoms with Gasteiger partial charge >= 0.3 is 0 Å². The highest BCUT2D eigenvalue weighted by atomic mass is 127. The SMILES string of the molecule is CN=C(NCc1cc(OC)c(OC)c(OC)c1)N1CCC(c2ccccc2)C1.I. The molecule has 1 aliphatic rings. The number of guanidine groups is 1. The summed E-state index contributed by atoms with van der Waals surface area (Å²) in [5, 5.41) is 3.46. The summed E-state index contributed by atoms with van der Waals surface area (Å²) < 4.78 is 16.3. The Hall–Kier alpha value is -2.16. The van der Waals surface area contributed by atoms with Gasteiger partial charge in [-0.05, 0) is 29.7 Å². The minimum absolute atomic E-state index is 0. The maximum absolute atomic E-state index is 5.44. The van der Waals surface area contributed by atoms with E-state index in [1.807, 2.05) is 19.2 Å². The molecule has 158 valence electrons. The second-order valence-corrected chi connectivity index (χ2v) is 6.78. The van der Waals surface area contributed by atoms with Gasteiger partial charge in [0.1, 0.15) is 0 Å². The molecular weight excluding hydrogens is 481 g/mol. The van der Waals surface area contributed by atoms with Crippen molar-refractivity contribution in [2.24, 2.45) is 4.99 Å². The zero-order chi connectivity index (χ0) is 19.9. The molecule has 1 aliphatic heterocycles. The van der Waals surface area contributed by atoms with Crippen LogP contribution >= 0.6 is 24.0 Å². The first-order valence-corrected chi connectivity index (χ1v) is 9.49. The average molecular weight is 511 g/mol. The minimum Gasteiger partial charge on any atom is -0.493 e. The average Bonchev–Trinajstić information content (AvgIpc) is 3.24. The molecule has 2 aromatic rings. The van der Waals surface area contributed by atoms with Crippen molar-refractivity contribution in [1.82, 2.24) is 10.2 Å². The van der Waals surface area contributed by atoms with E-state index in [0.717, 1.165) is 31.0 Å². The molecule has 0 aromatic heterocycles. The zero-order valence-electron chi connectivity index (χ0n) is 17.5. The highest BCUT2D eigenvalue weighted by Crippen LogP contribution is 2.38. The molecule has 7 heteroatoms. The van der Waals surface area contributed by atoms with Crippen LogP contribution in [-0.2, 0) is 6.54 Å². The molecule has 1 N–H and O–H groups in total. The number of halogens is 1. The number of hydrogen-bond donors (Lipinski definition) is 1. The number of hydrogen-bond acceptors (Lipinski definition) is 4. The zero-order valence-corrected chi connectivity index (χ0v) is 19.8. The van der Waals surface area contributed by atoms with E-state index in [4.69, 9.17) is 14.2 Å². The molecule has 0 amide bonds. The van der Waals surface area contributed by atoms with E-state index in [1.54, 1.807) is 21.3 Å². The van der Waals surface area contributed by atoms with Gasteiger partial charge in [0.25, 0.3) is 0 Å². The lowest BCUT2D eigenvalue weighted by molar-refractivity contribution is 0.323.